The van der Waals surface area contributed by atoms with Gasteiger partial charge in [0, 0.05) is 30.7 Å². The normalized spacial score (nSPS) is 25.7. The molecule has 0 spiro atoms. The lowest BCUT2D eigenvalue weighted by molar-refractivity contribution is -0.128. The van der Waals surface area contributed by atoms with Crippen LogP contribution < -0.4 is 10.6 Å². The van der Waals surface area contributed by atoms with E-state index in [1.54, 1.807) is 0 Å². The molecule has 1 aliphatic heterocycles. The van der Waals surface area contributed by atoms with E-state index in [1.165, 1.54) is 0 Å². The Kier molecular flexibility index (Phi) is 6.30. The molecule has 1 heterocycles. The minimum absolute atomic E-state index is 0.00182. The number of hydrogen-bond acceptors (Lipinski definition) is 3. The predicted octanol–water partition coefficient (Wildman–Crippen LogP) is 3.34. The van der Waals surface area contributed by atoms with Crippen molar-refractivity contribution in [3.05, 3.63) is 29.3 Å². The van der Waals surface area contributed by atoms with Crippen molar-refractivity contribution in [2.75, 3.05) is 18.5 Å². The predicted molar refractivity (Wildman–Crippen MR) is 102 cm³/mol. The summed E-state index contributed by atoms with van der Waals surface area (Å²) in [7, 11) is 0. The van der Waals surface area contributed by atoms with E-state index in [0.29, 0.717) is 6.54 Å². The lowest BCUT2D eigenvalue weighted by Crippen LogP contribution is -2.38. The molecule has 0 aromatic heterocycles. The van der Waals surface area contributed by atoms with Gasteiger partial charge in [-0.3, -0.25) is 9.59 Å². The summed E-state index contributed by atoms with van der Waals surface area (Å²) >= 11 is 0. The van der Waals surface area contributed by atoms with E-state index in [2.05, 4.69) is 16.7 Å². The molecule has 2 amide bonds. The van der Waals surface area contributed by atoms with E-state index in [0.717, 1.165) is 61.9 Å². The van der Waals surface area contributed by atoms with Crippen molar-refractivity contribution >= 4 is 17.5 Å². The number of carbonyl (C=O) groups excluding carboxylic acids is 2. The van der Waals surface area contributed by atoms with Crippen molar-refractivity contribution in [2.24, 2.45) is 11.8 Å². The standard InChI is InChI=1S/C21H30N2O3/c1-14-10-15(2)12-18(11-14)23-21(25)17-7-5-16(6-8-17)20(24)22-13-19-4-3-9-26-19/h10-12,16-17,19H,3-9,13H2,1-2H3,(H,22,24)(H,23,25). The third-order valence-corrected chi connectivity index (χ3v) is 5.49. The van der Waals surface area contributed by atoms with Gasteiger partial charge in [-0.05, 0) is 75.6 Å². The molecule has 1 saturated heterocycles. The van der Waals surface area contributed by atoms with E-state index in [9.17, 15) is 9.59 Å². The van der Waals surface area contributed by atoms with Gasteiger partial charge in [0.2, 0.25) is 11.8 Å². The molecule has 2 fully saturated rings. The Morgan fingerprint density at radius 2 is 1.58 bits per heavy atom. The summed E-state index contributed by atoms with van der Waals surface area (Å²) in [6, 6.07) is 6.08. The summed E-state index contributed by atoms with van der Waals surface area (Å²) in [6.07, 6.45) is 5.40. The lowest BCUT2D eigenvalue weighted by Gasteiger charge is -2.27. The Morgan fingerprint density at radius 1 is 0.962 bits per heavy atom. The summed E-state index contributed by atoms with van der Waals surface area (Å²) in [5, 5.41) is 6.07. The van der Waals surface area contributed by atoms with Crippen molar-refractivity contribution in [2.45, 2.75) is 58.5 Å². The number of carbonyl (C=O) groups is 2. The van der Waals surface area contributed by atoms with Gasteiger partial charge in [-0.25, -0.2) is 0 Å². The molecule has 3 rings (SSSR count). The molecule has 1 unspecified atom stereocenters. The average Bonchev–Trinajstić information content (AvgIpc) is 3.12. The highest BCUT2D eigenvalue weighted by Crippen LogP contribution is 2.30. The van der Waals surface area contributed by atoms with Gasteiger partial charge < -0.3 is 15.4 Å². The second-order valence-electron chi connectivity index (χ2n) is 7.79. The minimum Gasteiger partial charge on any atom is -0.376 e. The molecule has 1 saturated carbocycles. The van der Waals surface area contributed by atoms with Gasteiger partial charge in [-0.15, -0.1) is 0 Å². The van der Waals surface area contributed by atoms with Gasteiger partial charge in [-0.2, -0.15) is 0 Å². The van der Waals surface area contributed by atoms with Crippen LogP contribution in [0, 0.1) is 25.7 Å². The van der Waals surface area contributed by atoms with Gasteiger partial charge >= 0.3 is 0 Å². The van der Waals surface area contributed by atoms with Crippen LogP contribution in [0.5, 0.6) is 0 Å². The highest BCUT2D eigenvalue weighted by Gasteiger charge is 2.30. The van der Waals surface area contributed by atoms with Crippen LogP contribution in [-0.2, 0) is 14.3 Å². The Labute approximate surface area is 155 Å². The first-order chi connectivity index (χ1) is 12.5. The number of aryl methyl sites for hydroxylation is 2. The molecule has 5 nitrogen and oxygen atoms in total. The smallest absolute Gasteiger partial charge is 0.227 e. The summed E-state index contributed by atoms with van der Waals surface area (Å²) in [5.74, 6) is 0.224. The summed E-state index contributed by atoms with van der Waals surface area (Å²) in [4.78, 5) is 24.9. The third-order valence-electron chi connectivity index (χ3n) is 5.49. The number of anilines is 1. The van der Waals surface area contributed by atoms with Gasteiger partial charge in [-0.1, -0.05) is 6.07 Å². The maximum Gasteiger partial charge on any atom is 0.227 e. The van der Waals surface area contributed by atoms with Crippen molar-refractivity contribution in [1.29, 1.82) is 0 Å². The Balaban J connectivity index is 1.43. The van der Waals surface area contributed by atoms with Crippen LogP contribution in [0.4, 0.5) is 5.69 Å². The second kappa shape index (κ2) is 8.67. The van der Waals surface area contributed by atoms with Gasteiger partial charge in [0.25, 0.3) is 0 Å². The number of amides is 2. The van der Waals surface area contributed by atoms with Crippen molar-refractivity contribution < 1.29 is 14.3 Å². The van der Waals surface area contributed by atoms with Gasteiger partial charge in [0.05, 0.1) is 6.10 Å². The van der Waals surface area contributed by atoms with E-state index in [1.807, 2.05) is 26.0 Å². The van der Waals surface area contributed by atoms with E-state index in [-0.39, 0.29) is 29.8 Å². The number of rotatable bonds is 5. The van der Waals surface area contributed by atoms with Crippen LogP contribution in [0.3, 0.4) is 0 Å². The SMILES string of the molecule is Cc1cc(C)cc(NC(=O)C2CCC(C(=O)NCC3CCCO3)CC2)c1. The first kappa shape index (κ1) is 18.9. The molecule has 26 heavy (non-hydrogen) atoms. The first-order valence-corrected chi connectivity index (χ1v) is 9.80. The number of benzene rings is 1. The van der Waals surface area contributed by atoms with Crippen molar-refractivity contribution in [3.63, 3.8) is 0 Å². The molecular weight excluding hydrogens is 328 g/mol. The van der Waals surface area contributed by atoms with Gasteiger partial charge in [0.15, 0.2) is 0 Å². The second-order valence-corrected chi connectivity index (χ2v) is 7.79. The molecule has 142 valence electrons. The highest BCUT2D eigenvalue weighted by molar-refractivity contribution is 5.93. The molecule has 2 N–H and O–H groups in total. The molecule has 1 aromatic rings. The first-order valence-electron chi connectivity index (χ1n) is 9.80. The maximum absolute atomic E-state index is 12.5. The molecule has 1 atom stereocenters. The third kappa shape index (κ3) is 5.07. The molecule has 2 aliphatic rings. The van der Waals surface area contributed by atoms with Crippen LogP contribution in [-0.4, -0.2) is 31.1 Å². The fraction of sp³-hybridized carbons (Fsp3) is 0.619. The zero-order valence-electron chi connectivity index (χ0n) is 15.8. The number of nitrogens with one attached hydrogen (secondary N) is 2. The Hall–Kier alpha value is -1.88. The van der Waals surface area contributed by atoms with E-state index in [4.69, 9.17) is 4.74 Å². The quantitative estimate of drug-likeness (QED) is 0.848. The molecular formula is C21H30N2O3. The molecule has 1 aromatic carbocycles. The summed E-state index contributed by atoms with van der Waals surface area (Å²) in [6.45, 7) is 5.49. The largest absolute Gasteiger partial charge is 0.376 e. The minimum atomic E-state index is -0.00182. The number of ether oxygens (including phenoxy) is 1. The number of hydrogen-bond donors (Lipinski definition) is 2. The summed E-state index contributed by atoms with van der Waals surface area (Å²) < 4.78 is 5.54. The average molecular weight is 358 g/mol. The van der Waals surface area contributed by atoms with Crippen LogP contribution in [0.2, 0.25) is 0 Å². The zero-order chi connectivity index (χ0) is 18.5. The topological polar surface area (TPSA) is 67.4 Å². The van der Waals surface area contributed by atoms with Crippen LogP contribution in [0.15, 0.2) is 18.2 Å². The molecule has 0 radical (unpaired) electrons. The van der Waals surface area contributed by atoms with Crippen LogP contribution in [0.1, 0.15) is 49.7 Å². The van der Waals surface area contributed by atoms with Crippen LogP contribution >= 0.6 is 0 Å². The zero-order valence-corrected chi connectivity index (χ0v) is 15.8. The van der Waals surface area contributed by atoms with E-state index < -0.39 is 0 Å². The fourth-order valence-corrected chi connectivity index (χ4v) is 4.07. The molecule has 0 bridgehead atoms. The van der Waals surface area contributed by atoms with E-state index >= 15 is 0 Å². The highest BCUT2D eigenvalue weighted by atomic mass is 16.5. The Morgan fingerprint density at radius 3 is 2.15 bits per heavy atom. The maximum atomic E-state index is 12.5. The molecule has 5 heteroatoms. The summed E-state index contributed by atoms with van der Waals surface area (Å²) in [5.41, 5.74) is 3.16. The van der Waals surface area contributed by atoms with Crippen LogP contribution in [0.25, 0.3) is 0 Å². The lowest BCUT2D eigenvalue weighted by atomic mass is 9.81. The van der Waals surface area contributed by atoms with Gasteiger partial charge in [0.1, 0.15) is 0 Å². The monoisotopic (exact) mass is 358 g/mol. The Bertz CT molecular complexity index is 624. The fourth-order valence-electron chi connectivity index (χ4n) is 4.07. The van der Waals surface area contributed by atoms with Crippen molar-refractivity contribution in [1.82, 2.24) is 5.32 Å². The molecule has 1 aliphatic carbocycles. The van der Waals surface area contributed by atoms with Crippen molar-refractivity contribution in [3.8, 4) is 0 Å².